The lowest BCUT2D eigenvalue weighted by molar-refractivity contribution is -0.138. The van der Waals surface area contributed by atoms with Gasteiger partial charge in [-0.1, -0.05) is 0 Å². The van der Waals surface area contributed by atoms with Gasteiger partial charge in [-0.3, -0.25) is 4.98 Å². The summed E-state index contributed by atoms with van der Waals surface area (Å²) in [6.07, 6.45) is -0.582. The van der Waals surface area contributed by atoms with Gasteiger partial charge in [0, 0.05) is 6.20 Å². The van der Waals surface area contributed by atoms with E-state index in [4.69, 9.17) is 0 Å². The number of piperidine rings is 1. The molecule has 0 radical (unpaired) electrons. The molecule has 1 N–H and O–H groups in total. The molecule has 0 unspecified atom stereocenters. The Kier molecular flexibility index (Phi) is 3.66. The van der Waals surface area contributed by atoms with Crippen LogP contribution in [0.3, 0.4) is 0 Å². The van der Waals surface area contributed by atoms with Gasteiger partial charge in [0.25, 0.3) is 0 Å². The fourth-order valence-corrected chi connectivity index (χ4v) is 2.22. The van der Waals surface area contributed by atoms with Gasteiger partial charge in [0.15, 0.2) is 0 Å². The molecule has 0 aliphatic carbocycles. The summed E-state index contributed by atoms with van der Waals surface area (Å²) >= 11 is 0. The highest BCUT2D eigenvalue weighted by Crippen LogP contribution is 2.32. The number of aromatic nitrogens is 1. The smallest absolute Gasteiger partial charge is 0.317 e. The number of nitrogens with zero attached hydrogens (tertiary/aromatic N) is 1. The first-order chi connectivity index (χ1) is 8.07. The number of halogens is 3. The van der Waals surface area contributed by atoms with Crippen molar-refractivity contribution in [3.05, 3.63) is 29.6 Å². The molecular formula is C12H15F3N2. The lowest BCUT2D eigenvalue weighted by Gasteiger charge is -2.23. The fraction of sp³-hybridized carbons (Fsp3) is 0.583. The van der Waals surface area contributed by atoms with Crippen molar-refractivity contribution in [3.63, 3.8) is 0 Å². The molecule has 1 fully saturated rings. The van der Waals surface area contributed by atoms with Gasteiger partial charge in [-0.2, -0.15) is 13.2 Å². The molecule has 17 heavy (non-hydrogen) atoms. The quantitative estimate of drug-likeness (QED) is 0.865. The maximum absolute atomic E-state index is 12.8. The van der Waals surface area contributed by atoms with Crippen LogP contribution in [0.1, 0.15) is 24.1 Å². The van der Waals surface area contributed by atoms with E-state index < -0.39 is 11.7 Å². The van der Waals surface area contributed by atoms with Crippen molar-refractivity contribution in [3.8, 4) is 0 Å². The molecule has 2 rings (SSSR count). The van der Waals surface area contributed by atoms with Crippen LogP contribution in [0.25, 0.3) is 0 Å². The second-order valence-corrected chi connectivity index (χ2v) is 4.39. The van der Waals surface area contributed by atoms with Crippen LogP contribution >= 0.6 is 0 Å². The SMILES string of the molecule is FC(F)(F)c1cccnc1CC1CCNCC1. The first kappa shape index (κ1) is 12.4. The maximum atomic E-state index is 12.8. The van der Waals surface area contributed by atoms with E-state index in [0.29, 0.717) is 12.3 Å². The summed E-state index contributed by atoms with van der Waals surface area (Å²) in [4.78, 5) is 3.90. The summed E-state index contributed by atoms with van der Waals surface area (Å²) < 4.78 is 38.3. The van der Waals surface area contributed by atoms with Gasteiger partial charge in [-0.05, 0) is 50.4 Å². The van der Waals surface area contributed by atoms with Crippen LogP contribution in [0.15, 0.2) is 18.3 Å². The topological polar surface area (TPSA) is 24.9 Å². The largest absolute Gasteiger partial charge is 0.418 e. The van der Waals surface area contributed by atoms with Gasteiger partial charge >= 0.3 is 6.18 Å². The summed E-state index contributed by atoms with van der Waals surface area (Å²) in [6.45, 7) is 1.78. The lowest BCUT2D eigenvalue weighted by Crippen LogP contribution is -2.29. The van der Waals surface area contributed by atoms with E-state index >= 15 is 0 Å². The minimum Gasteiger partial charge on any atom is -0.317 e. The highest BCUT2D eigenvalue weighted by molar-refractivity contribution is 5.23. The van der Waals surface area contributed by atoms with E-state index in [1.807, 2.05) is 0 Å². The average molecular weight is 244 g/mol. The maximum Gasteiger partial charge on any atom is 0.418 e. The lowest BCUT2D eigenvalue weighted by atomic mass is 9.91. The zero-order chi connectivity index (χ0) is 12.3. The van der Waals surface area contributed by atoms with Crippen LogP contribution in [0.4, 0.5) is 13.2 Å². The minimum atomic E-state index is -4.30. The van der Waals surface area contributed by atoms with Crippen LogP contribution in [0, 0.1) is 5.92 Å². The van der Waals surface area contributed by atoms with E-state index in [2.05, 4.69) is 10.3 Å². The summed E-state index contributed by atoms with van der Waals surface area (Å²) in [5.74, 6) is 0.312. The van der Waals surface area contributed by atoms with Crippen molar-refractivity contribution in [2.24, 2.45) is 5.92 Å². The van der Waals surface area contributed by atoms with Crippen molar-refractivity contribution < 1.29 is 13.2 Å². The number of alkyl halides is 3. The Morgan fingerprint density at radius 1 is 1.29 bits per heavy atom. The van der Waals surface area contributed by atoms with Gasteiger partial charge < -0.3 is 5.32 Å². The summed E-state index contributed by atoms with van der Waals surface area (Å²) in [6, 6.07) is 2.46. The molecule has 94 valence electrons. The molecule has 1 aliphatic heterocycles. The van der Waals surface area contributed by atoms with Gasteiger partial charge in [-0.25, -0.2) is 0 Å². The third-order valence-electron chi connectivity index (χ3n) is 3.14. The predicted octanol–water partition coefficient (Wildman–Crippen LogP) is 2.64. The van der Waals surface area contributed by atoms with Crippen LogP contribution < -0.4 is 5.32 Å². The van der Waals surface area contributed by atoms with E-state index in [1.165, 1.54) is 12.3 Å². The van der Waals surface area contributed by atoms with Gasteiger partial charge in [0.1, 0.15) is 0 Å². The molecule has 0 amide bonds. The first-order valence-electron chi connectivity index (χ1n) is 5.79. The summed E-state index contributed by atoms with van der Waals surface area (Å²) in [5.41, 5.74) is -0.398. The molecular weight excluding hydrogens is 229 g/mol. The van der Waals surface area contributed by atoms with E-state index in [-0.39, 0.29) is 5.69 Å². The number of hydrogen-bond donors (Lipinski definition) is 1. The van der Waals surface area contributed by atoms with E-state index in [1.54, 1.807) is 0 Å². The van der Waals surface area contributed by atoms with Crippen LogP contribution in [0.5, 0.6) is 0 Å². The molecule has 1 aromatic rings. The number of hydrogen-bond acceptors (Lipinski definition) is 2. The predicted molar refractivity (Wildman–Crippen MR) is 58.5 cm³/mol. The molecule has 0 saturated carbocycles. The molecule has 5 heteroatoms. The Bertz CT molecular complexity index is 370. The zero-order valence-electron chi connectivity index (χ0n) is 9.43. The Labute approximate surface area is 98.2 Å². The van der Waals surface area contributed by atoms with Gasteiger partial charge in [-0.15, -0.1) is 0 Å². The van der Waals surface area contributed by atoms with Crippen molar-refractivity contribution in [1.82, 2.24) is 10.3 Å². The first-order valence-corrected chi connectivity index (χ1v) is 5.79. The third-order valence-corrected chi connectivity index (χ3v) is 3.14. The van der Waals surface area contributed by atoms with Gasteiger partial charge in [0.05, 0.1) is 11.3 Å². The highest BCUT2D eigenvalue weighted by atomic mass is 19.4. The molecule has 0 spiro atoms. The standard InChI is InChI=1S/C12H15F3N2/c13-12(14,15)10-2-1-5-17-11(10)8-9-3-6-16-7-4-9/h1-2,5,9,16H,3-4,6-8H2. The molecule has 2 nitrogen and oxygen atoms in total. The van der Waals surface area contributed by atoms with Crippen molar-refractivity contribution in [1.29, 1.82) is 0 Å². The van der Waals surface area contributed by atoms with Gasteiger partial charge in [0.2, 0.25) is 0 Å². The normalized spacial score (nSPS) is 18.3. The second kappa shape index (κ2) is 5.04. The molecule has 1 saturated heterocycles. The zero-order valence-corrected chi connectivity index (χ0v) is 9.43. The van der Waals surface area contributed by atoms with Crippen molar-refractivity contribution in [2.75, 3.05) is 13.1 Å². The minimum absolute atomic E-state index is 0.187. The molecule has 1 aliphatic rings. The molecule has 1 aromatic heterocycles. The molecule has 0 aromatic carbocycles. The fourth-order valence-electron chi connectivity index (χ4n) is 2.22. The monoisotopic (exact) mass is 244 g/mol. The number of pyridine rings is 1. The Balaban J connectivity index is 2.14. The van der Waals surface area contributed by atoms with Crippen molar-refractivity contribution in [2.45, 2.75) is 25.4 Å². The molecule has 0 bridgehead atoms. The van der Waals surface area contributed by atoms with Crippen LogP contribution in [0.2, 0.25) is 0 Å². The summed E-state index contributed by atoms with van der Waals surface area (Å²) in [5, 5.41) is 3.20. The van der Waals surface area contributed by atoms with E-state index in [0.717, 1.165) is 32.0 Å². The van der Waals surface area contributed by atoms with Crippen molar-refractivity contribution >= 4 is 0 Å². The Morgan fingerprint density at radius 2 is 2.00 bits per heavy atom. The third kappa shape index (κ3) is 3.19. The average Bonchev–Trinajstić information content (AvgIpc) is 2.30. The van der Waals surface area contributed by atoms with Crippen LogP contribution in [-0.2, 0) is 12.6 Å². The Hall–Kier alpha value is -1.10. The number of nitrogens with one attached hydrogen (secondary N) is 1. The molecule has 0 atom stereocenters. The van der Waals surface area contributed by atoms with E-state index in [9.17, 15) is 13.2 Å². The van der Waals surface area contributed by atoms with Crippen LogP contribution in [-0.4, -0.2) is 18.1 Å². The highest BCUT2D eigenvalue weighted by Gasteiger charge is 2.34. The summed E-state index contributed by atoms with van der Waals surface area (Å²) in [7, 11) is 0. The Morgan fingerprint density at radius 3 is 2.65 bits per heavy atom. The second-order valence-electron chi connectivity index (χ2n) is 4.39. The molecule has 2 heterocycles. The number of rotatable bonds is 2.